The van der Waals surface area contributed by atoms with Crippen molar-refractivity contribution in [3.05, 3.63) is 99.8 Å². The summed E-state index contributed by atoms with van der Waals surface area (Å²) in [6.45, 7) is -0.622. The normalized spacial score (nSPS) is 12.7. The van der Waals surface area contributed by atoms with E-state index in [0.717, 1.165) is 35.7 Å². The van der Waals surface area contributed by atoms with E-state index in [1.54, 1.807) is 0 Å². The van der Waals surface area contributed by atoms with E-state index in [9.17, 15) is 13.6 Å². The molecule has 0 spiro atoms. The number of hydrazine groups is 1. The van der Waals surface area contributed by atoms with E-state index in [4.69, 9.17) is 23.3 Å². The van der Waals surface area contributed by atoms with E-state index in [1.807, 2.05) is 0 Å². The van der Waals surface area contributed by atoms with Gasteiger partial charge in [-0.3, -0.25) is 14.8 Å². The molecule has 1 unspecified atom stereocenters. The number of pyridine rings is 1. The maximum absolute atomic E-state index is 15.5. The molecule has 11 heteroatoms. The Kier molecular flexibility index (Phi) is 7.29. The minimum Gasteiger partial charge on any atom is -0.322 e. The van der Waals surface area contributed by atoms with Crippen molar-refractivity contribution in [2.75, 3.05) is 6.54 Å². The Morgan fingerprint density at radius 1 is 1.12 bits per heavy atom. The lowest BCUT2D eigenvalue weighted by Gasteiger charge is -2.29. The zero-order valence-electron chi connectivity index (χ0n) is 16.9. The Morgan fingerprint density at radius 3 is 2.36 bits per heavy atom. The Morgan fingerprint density at radius 2 is 1.79 bits per heavy atom. The van der Waals surface area contributed by atoms with Crippen LogP contribution < -0.4 is 11.7 Å². The standard InChI is InChI=1S/C22H18ClF4N5O/c23-15-4-1-13(2-5-15)21(33)14-3-8-20(30-10-14)22(26,27)18(11-32(29)12-31-28)17-7-6-16(24)9-19(17)25/h1-10,12,18H,11,28-29H2/b31-12-. The minimum atomic E-state index is -3.76. The van der Waals surface area contributed by atoms with Crippen molar-refractivity contribution in [1.82, 2.24) is 9.99 Å². The number of alkyl halides is 2. The lowest BCUT2D eigenvalue weighted by Crippen LogP contribution is -2.40. The second-order valence-electron chi connectivity index (χ2n) is 7.07. The Bertz CT molecular complexity index is 1160. The van der Waals surface area contributed by atoms with Gasteiger partial charge < -0.3 is 5.84 Å². The molecule has 6 nitrogen and oxygen atoms in total. The van der Waals surface area contributed by atoms with Crippen LogP contribution in [0.4, 0.5) is 17.6 Å². The largest absolute Gasteiger partial charge is 0.322 e. The molecule has 0 aliphatic heterocycles. The highest BCUT2D eigenvalue weighted by Gasteiger charge is 2.45. The summed E-state index contributed by atoms with van der Waals surface area (Å²) in [4.78, 5) is 16.3. The van der Waals surface area contributed by atoms with Crippen molar-refractivity contribution in [3.8, 4) is 0 Å². The third-order valence-electron chi connectivity index (χ3n) is 4.86. The second kappa shape index (κ2) is 9.97. The van der Waals surface area contributed by atoms with Crippen molar-refractivity contribution in [1.29, 1.82) is 0 Å². The van der Waals surface area contributed by atoms with Crippen molar-refractivity contribution in [2.24, 2.45) is 16.8 Å². The van der Waals surface area contributed by atoms with Gasteiger partial charge in [0.05, 0.1) is 5.92 Å². The number of ketones is 1. The molecule has 0 radical (unpaired) electrons. The number of hydrogen-bond acceptors (Lipinski definition) is 5. The van der Waals surface area contributed by atoms with Crippen LogP contribution in [0.15, 0.2) is 65.9 Å². The molecular weight excluding hydrogens is 462 g/mol. The maximum atomic E-state index is 15.5. The fraction of sp³-hybridized carbons (Fsp3) is 0.136. The van der Waals surface area contributed by atoms with Gasteiger partial charge in [0.15, 0.2) is 5.78 Å². The predicted octanol–water partition coefficient (Wildman–Crippen LogP) is 4.20. The molecule has 3 rings (SSSR count). The molecule has 0 aliphatic carbocycles. The molecule has 0 fully saturated rings. The molecule has 0 saturated heterocycles. The van der Waals surface area contributed by atoms with Crippen LogP contribution in [-0.2, 0) is 5.92 Å². The summed E-state index contributed by atoms with van der Waals surface area (Å²) in [7, 11) is 0. The van der Waals surface area contributed by atoms with E-state index in [1.165, 1.54) is 30.3 Å². The molecule has 0 amide bonds. The quantitative estimate of drug-likeness (QED) is 0.126. The summed E-state index contributed by atoms with van der Waals surface area (Å²) >= 11 is 5.81. The molecule has 1 aromatic heterocycles. The van der Waals surface area contributed by atoms with E-state index in [0.29, 0.717) is 16.7 Å². The number of rotatable bonds is 8. The van der Waals surface area contributed by atoms with E-state index in [-0.39, 0.29) is 5.56 Å². The van der Waals surface area contributed by atoms with Gasteiger partial charge in [0.25, 0.3) is 5.92 Å². The highest BCUT2D eigenvalue weighted by atomic mass is 35.5. The van der Waals surface area contributed by atoms with Gasteiger partial charge in [0.2, 0.25) is 0 Å². The first-order valence-corrected chi connectivity index (χ1v) is 9.85. The van der Waals surface area contributed by atoms with Gasteiger partial charge >= 0.3 is 0 Å². The van der Waals surface area contributed by atoms with Crippen LogP contribution in [0.3, 0.4) is 0 Å². The van der Waals surface area contributed by atoms with Crippen LogP contribution in [0.2, 0.25) is 5.02 Å². The van der Waals surface area contributed by atoms with Crippen LogP contribution in [0.1, 0.15) is 33.1 Å². The molecule has 3 aromatic rings. The van der Waals surface area contributed by atoms with Gasteiger partial charge in [-0.15, -0.1) is 0 Å². The first-order chi connectivity index (χ1) is 15.6. The Balaban J connectivity index is 1.96. The number of hydrogen-bond donors (Lipinski definition) is 2. The molecule has 4 N–H and O–H groups in total. The zero-order valence-corrected chi connectivity index (χ0v) is 17.7. The number of nitrogens with zero attached hydrogens (tertiary/aromatic N) is 3. The van der Waals surface area contributed by atoms with Gasteiger partial charge in [-0.05, 0) is 48.0 Å². The number of benzene rings is 2. The summed E-state index contributed by atoms with van der Waals surface area (Å²) in [5, 5.41) is 4.34. The highest BCUT2D eigenvalue weighted by Crippen LogP contribution is 2.42. The topological polar surface area (TPSA) is 97.6 Å². The lowest BCUT2D eigenvalue weighted by molar-refractivity contribution is -0.0443. The van der Waals surface area contributed by atoms with Crippen LogP contribution in [-0.4, -0.2) is 28.7 Å². The predicted molar refractivity (Wildman–Crippen MR) is 116 cm³/mol. The summed E-state index contributed by atoms with van der Waals surface area (Å²) < 4.78 is 58.8. The van der Waals surface area contributed by atoms with Crippen LogP contribution in [0.25, 0.3) is 0 Å². The van der Waals surface area contributed by atoms with E-state index >= 15 is 8.78 Å². The van der Waals surface area contributed by atoms with Crippen LogP contribution in [0, 0.1) is 11.6 Å². The first kappa shape index (κ1) is 24.1. The molecule has 1 heterocycles. The number of carbonyl (C=O) groups excluding carboxylic acids is 1. The van der Waals surface area contributed by atoms with Gasteiger partial charge in [-0.1, -0.05) is 17.7 Å². The molecule has 172 valence electrons. The minimum absolute atomic E-state index is 0.0668. The van der Waals surface area contributed by atoms with Gasteiger partial charge in [-0.2, -0.15) is 13.9 Å². The average Bonchev–Trinajstić information content (AvgIpc) is 2.78. The monoisotopic (exact) mass is 479 g/mol. The lowest BCUT2D eigenvalue weighted by atomic mass is 9.89. The SMILES string of the molecule is N/N=C\N(N)CC(c1ccc(F)cc1F)C(F)(F)c1ccc(C(=O)c2ccc(Cl)cc2)cn1. The van der Waals surface area contributed by atoms with Crippen LogP contribution >= 0.6 is 11.6 Å². The molecular formula is C22H18ClF4N5O. The number of halogens is 5. The van der Waals surface area contributed by atoms with E-state index < -0.39 is 47.1 Å². The zero-order chi connectivity index (χ0) is 24.2. The average molecular weight is 480 g/mol. The third kappa shape index (κ3) is 5.47. The van der Waals surface area contributed by atoms with E-state index in [2.05, 4.69) is 10.1 Å². The Hall–Kier alpha value is -3.50. The molecule has 0 saturated carbocycles. The first-order valence-electron chi connectivity index (χ1n) is 9.47. The number of aromatic nitrogens is 1. The summed E-state index contributed by atoms with van der Waals surface area (Å²) in [6, 6.07) is 10.5. The molecule has 0 aliphatic rings. The fourth-order valence-electron chi connectivity index (χ4n) is 3.21. The van der Waals surface area contributed by atoms with Gasteiger partial charge in [-0.25, -0.2) is 14.6 Å². The smallest absolute Gasteiger partial charge is 0.298 e. The van der Waals surface area contributed by atoms with Gasteiger partial charge in [0, 0.05) is 35.0 Å². The number of carbonyl (C=O) groups is 1. The number of hydrazone groups is 1. The van der Waals surface area contributed by atoms with Crippen molar-refractivity contribution >= 4 is 23.7 Å². The molecule has 2 aromatic carbocycles. The molecule has 33 heavy (non-hydrogen) atoms. The van der Waals surface area contributed by atoms with Crippen molar-refractivity contribution < 1.29 is 22.4 Å². The third-order valence-corrected chi connectivity index (χ3v) is 5.11. The Labute approximate surface area is 191 Å². The van der Waals surface area contributed by atoms with Gasteiger partial charge in [0.1, 0.15) is 23.7 Å². The molecule has 1 atom stereocenters. The van der Waals surface area contributed by atoms with Crippen molar-refractivity contribution in [3.63, 3.8) is 0 Å². The number of nitrogens with two attached hydrogens (primary N) is 2. The highest BCUT2D eigenvalue weighted by molar-refractivity contribution is 6.30. The summed E-state index contributed by atoms with van der Waals surface area (Å²) in [6.07, 6.45) is 1.88. The fourth-order valence-corrected chi connectivity index (χ4v) is 3.33. The maximum Gasteiger partial charge on any atom is 0.298 e. The van der Waals surface area contributed by atoms with Crippen molar-refractivity contribution in [2.45, 2.75) is 11.8 Å². The van der Waals surface area contributed by atoms with Crippen LogP contribution in [0.5, 0.6) is 0 Å². The molecule has 0 bridgehead atoms. The summed E-state index contributed by atoms with van der Waals surface area (Å²) in [5.74, 6) is 2.43. The second-order valence-corrected chi connectivity index (χ2v) is 7.51. The summed E-state index contributed by atoms with van der Waals surface area (Å²) in [5.41, 5.74) is -0.851.